The first kappa shape index (κ1) is 32.6. The van der Waals surface area contributed by atoms with Crippen molar-refractivity contribution in [2.45, 2.75) is 52.9 Å². The molecule has 3 N–H and O–H groups in total. The highest BCUT2D eigenvalue weighted by Gasteiger charge is 2.17. The van der Waals surface area contributed by atoms with Crippen LogP contribution in [0.2, 0.25) is 0 Å². The summed E-state index contributed by atoms with van der Waals surface area (Å²) in [6.45, 7) is 13.1. The van der Waals surface area contributed by atoms with Gasteiger partial charge in [0.05, 0.1) is 12.3 Å². The Bertz CT molecular complexity index is 1630. The maximum atomic E-state index is 13.1. The van der Waals surface area contributed by atoms with Gasteiger partial charge in [-0.2, -0.15) is 0 Å². The van der Waals surface area contributed by atoms with Crippen LogP contribution in [0.5, 0.6) is 0 Å². The van der Waals surface area contributed by atoms with Crippen LogP contribution < -0.4 is 16.2 Å². The van der Waals surface area contributed by atoms with Gasteiger partial charge in [-0.25, -0.2) is 4.98 Å². The summed E-state index contributed by atoms with van der Waals surface area (Å²) in [5.74, 6) is 0.0401. The normalized spacial score (nSPS) is 11.5. The van der Waals surface area contributed by atoms with Crippen molar-refractivity contribution in [1.29, 1.82) is 0 Å². The lowest BCUT2D eigenvalue weighted by atomic mass is 9.86. The van der Waals surface area contributed by atoms with Crippen LogP contribution in [0.25, 0.3) is 11.3 Å². The quantitative estimate of drug-likeness (QED) is 0.178. The van der Waals surface area contributed by atoms with Crippen LogP contribution in [0.1, 0.15) is 61.2 Å². The van der Waals surface area contributed by atoms with Crippen molar-refractivity contribution in [3.63, 3.8) is 0 Å². The van der Waals surface area contributed by atoms with E-state index >= 15 is 0 Å². The van der Waals surface area contributed by atoms with Crippen LogP contribution >= 0.6 is 0 Å². The second kappa shape index (κ2) is 14.5. The van der Waals surface area contributed by atoms with Crippen LogP contribution in [0, 0.1) is 6.92 Å². The van der Waals surface area contributed by atoms with E-state index in [-0.39, 0.29) is 29.3 Å². The number of aliphatic hydroxyl groups is 1. The van der Waals surface area contributed by atoms with Crippen molar-refractivity contribution in [2.75, 3.05) is 36.9 Å². The lowest BCUT2D eigenvalue weighted by Crippen LogP contribution is -2.29. The summed E-state index contributed by atoms with van der Waals surface area (Å²) in [5.41, 5.74) is 6.41. The lowest BCUT2D eigenvalue weighted by molar-refractivity contribution is 0.102. The van der Waals surface area contributed by atoms with E-state index in [9.17, 15) is 14.7 Å². The Morgan fingerprint density at radius 2 is 1.73 bits per heavy atom. The van der Waals surface area contributed by atoms with Crippen LogP contribution in [0.3, 0.4) is 0 Å². The zero-order valence-electron chi connectivity index (χ0n) is 26.8. The first-order valence-electron chi connectivity index (χ1n) is 15.3. The minimum absolute atomic E-state index is 0.00998. The second-order valence-electron chi connectivity index (χ2n) is 12.3. The van der Waals surface area contributed by atoms with E-state index in [0.29, 0.717) is 23.5 Å². The number of benzene rings is 3. The molecule has 44 heavy (non-hydrogen) atoms. The zero-order chi connectivity index (χ0) is 31.9. The Labute approximate surface area is 260 Å². The number of hydrogen-bond acceptors (Lipinski definition) is 6. The summed E-state index contributed by atoms with van der Waals surface area (Å²) in [7, 11) is 1.71. The molecule has 0 aliphatic rings. The third kappa shape index (κ3) is 8.21. The number of rotatable bonds is 12. The summed E-state index contributed by atoms with van der Waals surface area (Å²) >= 11 is 0. The molecule has 0 aliphatic carbocycles. The minimum Gasteiger partial charge on any atom is -0.395 e. The Morgan fingerprint density at radius 3 is 2.41 bits per heavy atom. The number of aliphatic hydroxyl groups excluding tert-OH is 1. The highest BCUT2D eigenvalue weighted by Crippen LogP contribution is 2.29. The monoisotopic (exact) mass is 595 g/mol. The summed E-state index contributed by atoms with van der Waals surface area (Å²) in [4.78, 5) is 33.2. The fraction of sp³-hybridized carbons (Fsp3) is 0.361. The van der Waals surface area contributed by atoms with E-state index < -0.39 is 0 Å². The predicted octanol–water partition coefficient (Wildman–Crippen LogP) is 6.30. The molecule has 0 saturated carbocycles. The third-order valence-corrected chi connectivity index (χ3v) is 7.80. The van der Waals surface area contributed by atoms with Gasteiger partial charge < -0.3 is 25.2 Å². The van der Waals surface area contributed by atoms with E-state index in [4.69, 9.17) is 4.98 Å². The fourth-order valence-corrected chi connectivity index (χ4v) is 5.20. The van der Waals surface area contributed by atoms with Gasteiger partial charge in [0.25, 0.3) is 11.5 Å². The van der Waals surface area contributed by atoms with Gasteiger partial charge >= 0.3 is 0 Å². The van der Waals surface area contributed by atoms with Gasteiger partial charge in [0.2, 0.25) is 0 Å². The van der Waals surface area contributed by atoms with Gasteiger partial charge in [-0.1, -0.05) is 64.1 Å². The van der Waals surface area contributed by atoms with Crippen LogP contribution in [-0.4, -0.2) is 51.7 Å². The highest BCUT2D eigenvalue weighted by molar-refractivity contribution is 6.05. The first-order chi connectivity index (χ1) is 21.0. The van der Waals surface area contributed by atoms with Gasteiger partial charge in [0.1, 0.15) is 0 Å². The van der Waals surface area contributed by atoms with E-state index in [1.807, 2.05) is 67.6 Å². The molecule has 8 nitrogen and oxygen atoms in total. The summed E-state index contributed by atoms with van der Waals surface area (Å²) in [6.07, 6.45) is 3.58. The van der Waals surface area contributed by atoms with Gasteiger partial charge in [-0.15, -0.1) is 0 Å². The van der Waals surface area contributed by atoms with Crippen LogP contribution in [0.4, 0.5) is 17.2 Å². The number of aromatic nitrogens is 2. The smallest absolute Gasteiger partial charge is 0.293 e. The number of amides is 1. The number of nitrogens with zero attached hydrogens (tertiary/aromatic N) is 3. The van der Waals surface area contributed by atoms with Gasteiger partial charge in [-0.3, -0.25) is 9.59 Å². The average Bonchev–Trinajstić information content (AvgIpc) is 2.99. The molecule has 0 unspecified atom stereocenters. The molecule has 3 aromatic carbocycles. The van der Waals surface area contributed by atoms with Crippen molar-refractivity contribution < 1.29 is 9.90 Å². The topological polar surface area (TPSA) is 99.5 Å². The highest BCUT2D eigenvalue weighted by atomic mass is 16.3. The Kier molecular flexibility index (Phi) is 10.7. The number of carbonyl (C=O) groups excluding carboxylic acids is 1. The molecular weight excluding hydrogens is 550 g/mol. The average molecular weight is 596 g/mol. The van der Waals surface area contributed by atoms with E-state index in [0.717, 1.165) is 48.3 Å². The van der Waals surface area contributed by atoms with Crippen molar-refractivity contribution in [3.8, 4) is 11.3 Å². The molecule has 0 aliphatic heterocycles. The Balaban J connectivity index is 1.55. The number of hydrogen-bond donors (Lipinski definition) is 3. The first-order valence-corrected chi connectivity index (χ1v) is 15.3. The van der Waals surface area contributed by atoms with Gasteiger partial charge in [-0.05, 0) is 78.7 Å². The molecule has 8 heteroatoms. The third-order valence-electron chi connectivity index (χ3n) is 7.80. The number of anilines is 3. The molecular formula is C36H45N5O3. The molecule has 0 fully saturated rings. The van der Waals surface area contributed by atoms with Gasteiger partial charge in [0, 0.05) is 48.8 Å². The molecule has 1 heterocycles. The number of carbonyl (C=O) groups is 1. The Hall–Kier alpha value is -4.27. The molecule has 0 spiro atoms. The largest absolute Gasteiger partial charge is 0.395 e. The van der Waals surface area contributed by atoms with Gasteiger partial charge in [0.15, 0.2) is 5.82 Å². The molecule has 0 saturated heterocycles. The van der Waals surface area contributed by atoms with E-state index in [1.165, 1.54) is 10.1 Å². The molecule has 232 valence electrons. The molecule has 1 aromatic heterocycles. The molecule has 0 radical (unpaired) electrons. The SMILES string of the molecule is CCCN(CCO)CCc1cccc(Nc2nc(-c3cccc(NC(=O)c4ccc(C(C)(C)C)cc4)c3C)cn(C)c2=O)c1. The van der Waals surface area contributed by atoms with Crippen molar-refractivity contribution in [3.05, 3.63) is 106 Å². The summed E-state index contributed by atoms with van der Waals surface area (Å²) in [6, 6.07) is 21.4. The fourth-order valence-electron chi connectivity index (χ4n) is 5.20. The van der Waals surface area contributed by atoms with Crippen molar-refractivity contribution >= 4 is 23.1 Å². The molecule has 0 bridgehead atoms. The zero-order valence-corrected chi connectivity index (χ0v) is 26.8. The van der Waals surface area contributed by atoms with Crippen LogP contribution in [-0.2, 0) is 18.9 Å². The lowest BCUT2D eigenvalue weighted by Gasteiger charge is -2.20. The second-order valence-corrected chi connectivity index (χ2v) is 12.3. The maximum Gasteiger partial charge on any atom is 0.293 e. The van der Waals surface area contributed by atoms with Crippen LogP contribution in [0.15, 0.2) is 77.7 Å². The summed E-state index contributed by atoms with van der Waals surface area (Å²) < 4.78 is 1.52. The molecule has 1 amide bonds. The minimum atomic E-state index is -0.239. The van der Waals surface area contributed by atoms with Crippen molar-refractivity contribution in [2.24, 2.45) is 7.05 Å². The number of aryl methyl sites for hydroxylation is 1. The predicted molar refractivity (Wildman–Crippen MR) is 180 cm³/mol. The number of nitrogens with one attached hydrogen (secondary N) is 2. The molecule has 4 rings (SSSR count). The maximum absolute atomic E-state index is 13.1. The summed E-state index contributed by atoms with van der Waals surface area (Å²) in [5, 5.41) is 15.6. The molecule has 4 aromatic rings. The molecule has 0 atom stereocenters. The van der Waals surface area contributed by atoms with E-state index in [1.54, 1.807) is 13.2 Å². The van der Waals surface area contributed by atoms with Crippen molar-refractivity contribution in [1.82, 2.24) is 14.5 Å². The van der Waals surface area contributed by atoms with E-state index in [2.05, 4.69) is 49.3 Å². The Morgan fingerprint density at radius 1 is 1.00 bits per heavy atom. The standard InChI is InChI=1S/C36H45N5O3/c1-7-19-41(21-22-42)20-18-26-10-8-11-29(23-26)37-33-35(44)40(6)24-32(38-33)30-12-9-13-31(25(30)2)39-34(43)27-14-16-28(17-15-27)36(3,4)5/h8-17,23-24,42H,7,18-22H2,1-6H3,(H,37,38)(H,39,43).